The molecule has 49 heavy (non-hydrogen) atoms. The van der Waals surface area contributed by atoms with Crippen LogP contribution >= 0.6 is 12.4 Å². The van der Waals surface area contributed by atoms with E-state index in [1.165, 1.54) is 32.9 Å². The number of carboxylic acids is 1. The number of hydrogen-bond donors (Lipinski definition) is 4. The molecule has 3 heterocycles. The number of benzene rings is 2. The number of rotatable bonds is 8. The molecule has 2 aromatic carbocycles. The van der Waals surface area contributed by atoms with Crippen molar-refractivity contribution in [3.8, 4) is 0 Å². The van der Waals surface area contributed by atoms with Crippen LogP contribution in [0.2, 0.25) is 0 Å². The summed E-state index contributed by atoms with van der Waals surface area (Å²) >= 11 is 0. The molecule has 1 atom stereocenters. The number of nitrogens with two attached hydrogens (primary N) is 2. The third kappa shape index (κ3) is 8.47. The van der Waals surface area contributed by atoms with Crippen LogP contribution in [-0.2, 0) is 40.9 Å². The molecule has 6 N–H and O–H groups in total. The van der Waals surface area contributed by atoms with Gasteiger partial charge < -0.3 is 20.9 Å². The van der Waals surface area contributed by atoms with Gasteiger partial charge in [0.1, 0.15) is 18.6 Å². The van der Waals surface area contributed by atoms with Crippen molar-refractivity contribution in [2.24, 2.45) is 10.9 Å². The topological polar surface area (TPSA) is 225 Å². The minimum atomic E-state index is -3.59. The fraction of sp³-hybridized carbons (Fsp3) is 0.312. The van der Waals surface area contributed by atoms with Gasteiger partial charge in [0.25, 0.3) is 21.9 Å². The van der Waals surface area contributed by atoms with Crippen molar-refractivity contribution >= 4 is 46.2 Å². The first-order chi connectivity index (χ1) is 22.4. The number of aromatic nitrogens is 4. The number of nitrogens with one attached hydrogen (secondary N) is 1. The predicted octanol–water partition coefficient (Wildman–Crippen LogP) is 2.66. The van der Waals surface area contributed by atoms with Gasteiger partial charge >= 0.3 is 11.9 Å². The van der Waals surface area contributed by atoms with E-state index in [2.05, 4.69) is 27.0 Å². The van der Waals surface area contributed by atoms with Crippen LogP contribution in [0.5, 0.6) is 0 Å². The highest BCUT2D eigenvalue weighted by Gasteiger charge is 2.29. The summed E-state index contributed by atoms with van der Waals surface area (Å²) in [6, 6.07) is 10.3. The molecule has 0 saturated heterocycles. The molecule has 15 nitrogen and oxygen atoms in total. The molecule has 2 aromatic heterocycles. The quantitative estimate of drug-likeness (QED) is 0.153. The molecule has 0 unspecified atom stereocenters. The van der Waals surface area contributed by atoms with Gasteiger partial charge in [-0.15, -0.1) is 12.4 Å². The number of carboxylic acid groups (broad SMARTS) is 1. The first-order valence-electron chi connectivity index (χ1n) is 14.6. The lowest BCUT2D eigenvalue weighted by Crippen LogP contribution is -2.40. The summed E-state index contributed by atoms with van der Waals surface area (Å²) in [5.41, 5.74) is 11.7. The molecular formula is C32H39ClN8O7S. The molecule has 17 heteroatoms. The second-order valence-electron chi connectivity index (χ2n) is 11.0. The normalized spacial score (nSPS) is 15.0. The van der Waals surface area contributed by atoms with Gasteiger partial charge in [-0.2, -0.15) is 27.3 Å². The summed E-state index contributed by atoms with van der Waals surface area (Å²) < 4.78 is 30.1. The Balaban J connectivity index is 0.000000307. The first kappa shape index (κ1) is 38.7. The number of nitrogens with zero attached hydrogens (tertiary/aromatic N) is 5. The Hall–Kier alpha value is -4.74. The Morgan fingerprint density at radius 3 is 2.59 bits per heavy atom. The Bertz CT molecular complexity index is 2000. The van der Waals surface area contributed by atoms with Gasteiger partial charge in [0.2, 0.25) is 0 Å². The van der Waals surface area contributed by atoms with Gasteiger partial charge in [0.15, 0.2) is 5.69 Å². The molecule has 0 spiro atoms. The SMILES string of the molecule is C.C=CCOC(=O)c1ccc2c(c1C)CC[C@@H]2NC(=O)c1cc(C(=O)O)nc2ncnn12.Cl.NCc1ccc2c(c1)CN(S(N)(=O)=O)CC2. The van der Waals surface area contributed by atoms with Gasteiger partial charge in [-0.1, -0.05) is 44.3 Å². The number of ether oxygens (including phenoxy) is 1. The maximum atomic E-state index is 13.0. The highest BCUT2D eigenvalue weighted by molar-refractivity contribution is 7.86. The zero-order chi connectivity index (χ0) is 33.9. The largest absolute Gasteiger partial charge is 0.477 e. The predicted molar refractivity (Wildman–Crippen MR) is 183 cm³/mol. The molecule has 1 aliphatic heterocycles. The van der Waals surface area contributed by atoms with E-state index in [-0.39, 0.29) is 49.6 Å². The highest BCUT2D eigenvalue weighted by atomic mass is 35.5. The van der Waals surface area contributed by atoms with Gasteiger partial charge in [-0.3, -0.25) is 4.79 Å². The summed E-state index contributed by atoms with van der Waals surface area (Å²) in [4.78, 5) is 44.3. The van der Waals surface area contributed by atoms with Crippen molar-refractivity contribution in [2.75, 3.05) is 13.2 Å². The van der Waals surface area contributed by atoms with Crippen molar-refractivity contribution < 1.29 is 32.6 Å². The van der Waals surface area contributed by atoms with Crippen LogP contribution in [0, 0.1) is 6.92 Å². The van der Waals surface area contributed by atoms with Crippen LogP contribution < -0.4 is 16.2 Å². The number of fused-ring (bicyclic) bond motifs is 3. The van der Waals surface area contributed by atoms with Gasteiger partial charge in [0, 0.05) is 25.7 Å². The first-order valence-corrected chi connectivity index (χ1v) is 16.2. The second kappa shape index (κ2) is 16.1. The highest BCUT2D eigenvalue weighted by Crippen LogP contribution is 2.35. The lowest BCUT2D eigenvalue weighted by atomic mass is 9.98. The minimum Gasteiger partial charge on any atom is -0.477 e. The number of halogens is 1. The number of carbonyl (C=O) groups is 3. The molecule has 6 rings (SSSR count). The Morgan fingerprint density at radius 2 is 1.92 bits per heavy atom. The molecular weight excluding hydrogens is 676 g/mol. The third-order valence-electron chi connectivity index (χ3n) is 8.10. The fourth-order valence-corrected chi connectivity index (χ4v) is 6.37. The van der Waals surface area contributed by atoms with Crippen LogP contribution in [0.3, 0.4) is 0 Å². The number of amides is 1. The molecule has 1 aliphatic carbocycles. The molecule has 2 aliphatic rings. The van der Waals surface area contributed by atoms with Crippen molar-refractivity contribution in [3.63, 3.8) is 0 Å². The lowest BCUT2D eigenvalue weighted by molar-refractivity contribution is 0.0548. The summed E-state index contributed by atoms with van der Waals surface area (Å²) in [5, 5.41) is 21.3. The Morgan fingerprint density at radius 1 is 1.16 bits per heavy atom. The maximum absolute atomic E-state index is 13.0. The van der Waals surface area contributed by atoms with E-state index in [0.29, 0.717) is 44.5 Å². The summed E-state index contributed by atoms with van der Waals surface area (Å²) in [7, 11) is -3.59. The van der Waals surface area contributed by atoms with E-state index in [4.69, 9.17) is 15.6 Å². The van der Waals surface area contributed by atoms with Crippen LogP contribution in [-0.4, -0.2) is 68.4 Å². The Labute approximate surface area is 290 Å². The molecule has 0 bridgehead atoms. The fourth-order valence-electron chi connectivity index (χ4n) is 5.71. The van der Waals surface area contributed by atoms with E-state index < -0.39 is 28.1 Å². The third-order valence-corrected chi connectivity index (χ3v) is 9.13. The molecule has 0 radical (unpaired) electrons. The number of hydrogen-bond acceptors (Lipinski definition) is 10. The average molecular weight is 715 g/mol. The lowest BCUT2D eigenvalue weighted by Gasteiger charge is -2.26. The Kier molecular flexibility index (Phi) is 12.7. The number of aromatic carboxylic acids is 1. The van der Waals surface area contributed by atoms with E-state index >= 15 is 0 Å². The van der Waals surface area contributed by atoms with Crippen LogP contribution in [0.15, 0.2) is 55.4 Å². The summed E-state index contributed by atoms with van der Waals surface area (Å²) in [6.45, 7) is 6.79. The standard InChI is InChI=1S/C21H19N5O5.C10H15N3O2S.CH4.ClH/c1-3-8-31-20(30)13-4-5-14-12(11(13)2)6-7-15(14)24-18(27)17-9-16(19(28)29)25-21-22-10-23-26(17)21;11-6-8-1-2-9-3-4-13(16(12,14)15)7-10(9)5-8;;/h3-5,9-10,15H,1,6-8H2,2H3,(H,24,27)(H,28,29);1-2,5H,3-4,6-7,11H2,(H2,12,14,15);1H4;1H/t15-;;;/m0.../s1. The second-order valence-corrected chi connectivity index (χ2v) is 12.5. The molecule has 4 aromatic rings. The molecule has 262 valence electrons. The number of esters is 1. The van der Waals surface area contributed by atoms with E-state index in [0.717, 1.165) is 27.8 Å². The summed E-state index contributed by atoms with van der Waals surface area (Å²) in [5.74, 6) is -2.16. The zero-order valence-corrected chi connectivity index (χ0v) is 27.6. The van der Waals surface area contributed by atoms with E-state index in [9.17, 15) is 27.9 Å². The smallest absolute Gasteiger partial charge is 0.354 e. The summed E-state index contributed by atoms with van der Waals surface area (Å²) in [6.07, 6.45) is 4.74. The van der Waals surface area contributed by atoms with Gasteiger partial charge in [-0.05, 0) is 65.6 Å². The monoisotopic (exact) mass is 714 g/mol. The van der Waals surface area contributed by atoms with Gasteiger partial charge in [-0.25, -0.2) is 19.7 Å². The van der Waals surface area contributed by atoms with Crippen molar-refractivity contribution in [2.45, 2.75) is 52.7 Å². The minimum absolute atomic E-state index is 0. The molecule has 1 amide bonds. The van der Waals surface area contributed by atoms with Gasteiger partial charge in [0.05, 0.1) is 11.6 Å². The van der Waals surface area contributed by atoms with Crippen molar-refractivity contribution in [1.82, 2.24) is 29.2 Å². The number of carbonyl (C=O) groups excluding carboxylic acids is 2. The van der Waals surface area contributed by atoms with E-state index in [1.807, 2.05) is 31.2 Å². The van der Waals surface area contributed by atoms with Crippen LogP contribution in [0.4, 0.5) is 0 Å². The van der Waals surface area contributed by atoms with Crippen molar-refractivity contribution in [1.29, 1.82) is 0 Å². The van der Waals surface area contributed by atoms with Crippen molar-refractivity contribution in [3.05, 3.63) is 106 Å². The molecule has 0 saturated carbocycles. The molecule has 0 fully saturated rings. The zero-order valence-electron chi connectivity index (χ0n) is 26.0. The van der Waals surface area contributed by atoms with E-state index in [1.54, 1.807) is 6.07 Å². The van der Waals surface area contributed by atoms with Crippen LogP contribution in [0.25, 0.3) is 5.78 Å². The maximum Gasteiger partial charge on any atom is 0.354 e. The van der Waals surface area contributed by atoms with Crippen LogP contribution in [0.1, 0.15) is 84.6 Å². The average Bonchev–Trinajstić information content (AvgIpc) is 3.70.